The Morgan fingerprint density at radius 2 is 2.08 bits per heavy atom. The molecular weight excluding hydrogens is 534 g/mol. The predicted molar refractivity (Wildman–Crippen MR) is 133 cm³/mol. The Hall–Kier alpha value is -3.45. The Balaban J connectivity index is 1.19. The molecule has 12 nitrogen and oxygen atoms in total. The summed E-state index contributed by atoms with van der Waals surface area (Å²) < 4.78 is 20.4. The highest BCUT2D eigenvalue weighted by Gasteiger charge is 2.33. The van der Waals surface area contributed by atoms with Gasteiger partial charge in [-0.2, -0.15) is 10.1 Å². The van der Waals surface area contributed by atoms with Crippen molar-refractivity contribution < 1.29 is 23.8 Å². The molecule has 0 unspecified atom stereocenters. The standard InChI is InChI=1S/C23H28BrN7O5/c1-15-4-6-17(7-5-15)34-9-8-29(2)20(32)13-31-12-16(11-25-31)26-21(33)19-10-18(14-35-19)36-23-27-22(24)28-30(23)3/h4-7,11-12,18-19H,8-10,13-14H2,1-3H3,(H,26,33)/t18-,19+/m0/s1. The number of carbonyl (C=O) groups excluding carboxylic acids is 2. The van der Waals surface area contributed by atoms with Crippen LogP contribution in [0.2, 0.25) is 0 Å². The zero-order valence-corrected chi connectivity index (χ0v) is 21.8. The van der Waals surface area contributed by atoms with E-state index in [0.717, 1.165) is 11.3 Å². The Morgan fingerprint density at radius 1 is 1.31 bits per heavy atom. The molecule has 4 rings (SSSR count). The van der Waals surface area contributed by atoms with Crippen molar-refractivity contribution in [2.45, 2.75) is 32.1 Å². The van der Waals surface area contributed by atoms with Crippen LogP contribution >= 0.6 is 15.9 Å². The third kappa shape index (κ3) is 6.82. The van der Waals surface area contributed by atoms with E-state index in [-0.39, 0.29) is 31.1 Å². The fourth-order valence-electron chi connectivity index (χ4n) is 3.51. The molecule has 3 aromatic rings. The summed E-state index contributed by atoms with van der Waals surface area (Å²) >= 11 is 3.20. The third-order valence-electron chi connectivity index (χ3n) is 5.56. The summed E-state index contributed by atoms with van der Waals surface area (Å²) in [5.74, 6) is 0.328. The Bertz CT molecular complexity index is 1200. The minimum Gasteiger partial charge on any atom is -0.492 e. The summed E-state index contributed by atoms with van der Waals surface area (Å²) in [5, 5.41) is 11.0. The molecule has 1 aromatic carbocycles. The molecular formula is C23H28BrN7O5. The summed E-state index contributed by atoms with van der Waals surface area (Å²) in [7, 11) is 3.43. The van der Waals surface area contributed by atoms with Gasteiger partial charge in [0.05, 0.1) is 25.0 Å². The number of aromatic nitrogens is 5. The molecule has 13 heteroatoms. The first-order valence-corrected chi connectivity index (χ1v) is 12.2. The number of halogens is 1. The predicted octanol–water partition coefficient (Wildman–Crippen LogP) is 1.79. The highest BCUT2D eigenvalue weighted by Crippen LogP contribution is 2.21. The highest BCUT2D eigenvalue weighted by atomic mass is 79.9. The van der Waals surface area contributed by atoms with Crippen LogP contribution in [0.25, 0.3) is 0 Å². The molecule has 0 saturated carbocycles. The Kier molecular flexibility index (Phi) is 8.21. The van der Waals surface area contributed by atoms with Crippen LogP contribution in [-0.2, 0) is 27.9 Å². The smallest absolute Gasteiger partial charge is 0.315 e. The number of nitrogens with zero attached hydrogens (tertiary/aromatic N) is 6. The highest BCUT2D eigenvalue weighted by molar-refractivity contribution is 9.10. The van der Waals surface area contributed by atoms with Gasteiger partial charge in [0.15, 0.2) is 0 Å². The van der Waals surface area contributed by atoms with Gasteiger partial charge in [0, 0.05) is 26.7 Å². The van der Waals surface area contributed by atoms with Gasteiger partial charge in [0.25, 0.3) is 5.91 Å². The van der Waals surface area contributed by atoms with E-state index in [0.29, 0.717) is 36.0 Å². The maximum atomic E-state index is 12.6. The normalized spacial score (nSPS) is 17.1. The first-order chi connectivity index (χ1) is 17.3. The molecule has 1 aliphatic rings. The van der Waals surface area contributed by atoms with Gasteiger partial charge in [-0.1, -0.05) is 17.7 Å². The van der Waals surface area contributed by atoms with Crippen LogP contribution in [0.5, 0.6) is 11.8 Å². The van der Waals surface area contributed by atoms with Gasteiger partial charge in [-0.15, -0.1) is 5.10 Å². The number of nitrogens with one attached hydrogen (secondary N) is 1. The molecule has 2 aromatic heterocycles. The van der Waals surface area contributed by atoms with Crippen LogP contribution in [0.1, 0.15) is 12.0 Å². The second-order valence-electron chi connectivity index (χ2n) is 8.48. The van der Waals surface area contributed by atoms with Gasteiger partial charge in [-0.3, -0.25) is 14.3 Å². The van der Waals surface area contributed by atoms with Gasteiger partial charge >= 0.3 is 6.01 Å². The zero-order chi connectivity index (χ0) is 25.7. The Morgan fingerprint density at radius 3 is 2.81 bits per heavy atom. The van der Waals surface area contributed by atoms with Gasteiger partial charge < -0.3 is 24.4 Å². The fourth-order valence-corrected chi connectivity index (χ4v) is 3.90. The molecule has 0 aliphatic carbocycles. The van der Waals surface area contributed by atoms with Crippen LogP contribution in [0.4, 0.5) is 5.69 Å². The average Bonchev–Trinajstić information content (AvgIpc) is 3.56. The second kappa shape index (κ2) is 11.5. The quantitative estimate of drug-likeness (QED) is 0.397. The average molecular weight is 562 g/mol. The second-order valence-corrected chi connectivity index (χ2v) is 9.19. The number of anilines is 1. The molecule has 1 aliphatic heterocycles. The van der Waals surface area contributed by atoms with Gasteiger partial charge in [0.1, 0.15) is 31.1 Å². The lowest BCUT2D eigenvalue weighted by Crippen LogP contribution is -2.33. The van der Waals surface area contributed by atoms with Crippen molar-refractivity contribution in [3.8, 4) is 11.8 Å². The van der Waals surface area contributed by atoms with E-state index in [1.165, 1.54) is 15.6 Å². The molecule has 2 atom stereocenters. The van der Waals surface area contributed by atoms with Gasteiger partial charge in [-0.05, 0) is 35.0 Å². The monoisotopic (exact) mass is 561 g/mol. The maximum absolute atomic E-state index is 12.6. The number of likely N-dealkylation sites (N-methyl/N-ethyl adjacent to an activating group) is 1. The van der Waals surface area contributed by atoms with Crippen molar-refractivity contribution in [1.29, 1.82) is 0 Å². The molecule has 0 radical (unpaired) electrons. The van der Waals surface area contributed by atoms with Gasteiger partial charge in [-0.25, -0.2) is 4.68 Å². The summed E-state index contributed by atoms with van der Waals surface area (Å²) in [6.45, 7) is 3.13. The number of hydrogen-bond donors (Lipinski definition) is 1. The number of amides is 2. The van der Waals surface area contributed by atoms with Crippen molar-refractivity contribution >= 4 is 33.4 Å². The molecule has 0 spiro atoms. The minimum atomic E-state index is -0.670. The molecule has 1 saturated heterocycles. The van der Waals surface area contributed by atoms with Crippen LogP contribution in [0.3, 0.4) is 0 Å². The number of benzene rings is 1. The van der Waals surface area contributed by atoms with Crippen molar-refractivity contribution in [2.24, 2.45) is 7.05 Å². The summed E-state index contributed by atoms with van der Waals surface area (Å²) in [4.78, 5) is 30.8. The van der Waals surface area contributed by atoms with E-state index in [1.54, 1.807) is 25.2 Å². The lowest BCUT2D eigenvalue weighted by Gasteiger charge is -2.17. The molecule has 2 amide bonds. The molecule has 192 valence electrons. The molecule has 36 heavy (non-hydrogen) atoms. The van der Waals surface area contributed by atoms with Crippen molar-refractivity contribution in [3.63, 3.8) is 0 Å². The minimum absolute atomic E-state index is 0.0417. The summed E-state index contributed by atoms with van der Waals surface area (Å²) in [5.41, 5.74) is 1.63. The molecule has 1 N–H and O–H groups in total. The summed E-state index contributed by atoms with van der Waals surface area (Å²) in [6, 6.07) is 8.09. The SMILES string of the molecule is Cc1ccc(OCCN(C)C(=O)Cn2cc(NC(=O)[C@H]3C[C@H](Oc4nc(Br)nn4C)CO3)cn2)cc1. The third-order valence-corrected chi connectivity index (χ3v) is 5.90. The van der Waals surface area contributed by atoms with Crippen LogP contribution < -0.4 is 14.8 Å². The van der Waals surface area contributed by atoms with Crippen LogP contribution in [-0.4, -0.2) is 80.3 Å². The van der Waals surface area contributed by atoms with Crippen LogP contribution in [0.15, 0.2) is 41.4 Å². The lowest BCUT2D eigenvalue weighted by atomic mass is 10.2. The largest absolute Gasteiger partial charge is 0.492 e. The van der Waals surface area contributed by atoms with E-state index in [1.807, 2.05) is 31.2 Å². The lowest BCUT2D eigenvalue weighted by molar-refractivity contribution is -0.131. The first kappa shape index (κ1) is 25.6. The van der Waals surface area contributed by atoms with E-state index >= 15 is 0 Å². The van der Waals surface area contributed by atoms with E-state index < -0.39 is 6.10 Å². The number of carbonyl (C=O) groups is 2. The van der Waals surface area contributed by atoms with Crippen LogP contribution in [0, 0.1) is 6.92 Å². The fraction of sp³-hybridized carbons (Fsp3) is 0.435. The van der Waals surface area contributed by atoms with Crippen molar-refractivity contribution in [2.75, 3.05) is 32.1 Å². The first-order valence-electron chi connectivity index (χ1n) is 11.4. The maximum Gasteiger partial charge on any atom is 0.315 e. The topological polar surface area (TPSA) is 126 Å². The van der Waals surface area contributed by atoms with Gasteiger partial charge in [0.2, 0.25) is 10.6 Å². The van der Waals surface area contributed by atoms with E-state index in [9.17, 15) is 9.59 Å². The van der Waals surface area contributed by atoms with Crippen molar-refractivity contribution in [3.05, 3.63) is 47.0 Å². The number of aryl methyl sites for hydroxylation is 2. The number of hydrogen-bond acceptors (Lipinski definition) is 8. The molecule has 1 fully saturated rings. The van der Waals surface area contributed by atoms with E-state index in [4.69, 9.17) is 14.2 Å². The van der Waals surface area contributed by atoms with Crippen molar-refractivity contribution in [1.82, 2.24) is 29.4 Å². The number of rotatable bonds is 10. The zero-order valence-electron chi connectivity index (χ0n) is 20.3. The Labute approximate surface area is 216 Å². The summed E-state index contributed by atoms with van der Waals surface area (Å²) in [6.07, 6.45) is 2.48. The molecule has 0 bridgehead atoms. The van der Waals surface area contributed by atoms with E-state index in [2.05, 4.69) is 36.4 Å². The molecule has 3 heterocycles. The number of ether oxygens (including phenoxy) is 3.